The van der Waals surface area contributed by atoms with Gasteiger partial charge in [-0.25, -0.2) is 18.2 Å². The second-order valence-corrected chi connectivity index (χ2v) is 8.84. The van der Waals surface area contributed by atoms with Crippen molar-refractivity contribution < 1.29 is 22.7 Å². The Balaban J connectivity index is 1.69. The molecule has 0 aliphatic heterocycles. The standard InChI is InChI=1S/C20H20N2O5S2/c1-13-8-10-15(11-9-13)29(24,25)22-14(2)20(23)27-18-12-28-19(21-18)16-6-4-5-7-17(16)26-3/h4-12,14,22H,1-3H3. The first kappa shape index (κ1) is 21.0. The number of nitrogens with one attached hydrogen (secondary N) is 1. The minimum absolute atomic E-state index is 0.0786. The SMILES string of the molecule is COc1ccccc1-c1nc(OC(=O)C(C)NS(=O)(=O)c2ccc(C)cc2)cs1. The van der Waals surface area contributed by atoms with Gasteiger partial charge in [0, 0.05) is 0 Å². The number of aryl methyl sites for hydroxylation is 1. The lowest BCUT2D eigenvalue weighted by atomic mass is 10.2. The predicted molar refractivity (Wildman–Crippen MR) is 111 cm³/mol. The highest BCUT2D eigenvalue weighted by Crippen LogP contribution is 2.33. The van der Waals surface area contributed by atoms with E-state index in [0.29, 0.717) is 10.8 Å². The van der Waals surface area contributed by atoms with Gasteiger partial charge in [0.2, 0.25) is 15.9 Å². The van der Waals surface area contributed by atoms with Crippen LogP contribution in [0.4, 0.5) is 0 Å². The van der Waals surface area contributed by atoms with Crippen molar-refractivity contribution in [1.29, 1.82) is 0 Å². The number of sulfonamides is 1. The van der Waals surface area contributed by atoms with E-state index >= 15 is 0 Å². The summed E-state index contributed by atoms with van der Waals surface area (Å²) in [4.78, 5) is 16.7. The molecule has 1 N–H and O–H groups in total. The molecule has 0 amide bonds. The minimum Gasteiger partial charge on any atom is -0.496 e. The largest absolute Gasteiger partial charge is 0.496 e. The lowest BCUT2D eigenvalue weighted by Gasteiger charge is -2.12. The van der Waals surface area contributed by atoms with Gasteiger partial charge in [-0.1, -0.05) is 29.8 Å². The summed E-state index contributed by atoms with van der Waals surface area (Å²) in [5.74, 6) is -0.00111. The molecule has 3 aromatic rings. The first-order chi connectivity index (χ1) is 13.8. The maximum absolute atomic E-state index is 12.4. The van der Waals surface area contributed by atoms with Crippen LogP contribution in [0.25, 0.3) is 10.6 Å². The Kier molecular flexibility index (Phi) is 6.31. The third-order valence-corrected chi connectivity index (χ3v) is 6.45. The Morgan fingerprint density at radius 1 is 1.14 bits per heavy atom. The topological polar surface area (TPSA) is 94.6 Å². The van der Waals surface area contributed by atoms with Crippen molar-refractivity contribution in [2.24, 2.45) is 0 Å². The smallest absolute Gasteiger partial charge is 0.330 e. The monoisotopic (exact) mass is 432 g/mol. The molecule has 7 nitrogen and oxygen atoms in total. The number of benzene rings is 2. The van der Waals surface area contributed by atoms with E-state index in [1.165, 1.54) is 30.4 Å². The minimum atomic E-state index is -3.85. The Labute approximate surface area is 173 Å². The fraction of sp³-hybridized carbons (Fsp3) is 0.200. The lowest BCUT2D eigenvalue weighted by Crippen LogP contribution is -2.40. The highest BCUT2D eigenvalue weighted by molar-refractivity contribution is 7.89. The van der Waals surface area contributed by atoms with Crippen LogP contribution in [0.2, 0.25) is 0 Å². The number of ether oxygens (including phenoxy) is 2. The van der Waals surface area contributed by atoms with E-state index < -0.39 is 22.0 Å². The summed E-state index contributed by atoms with van der Waals surface area (Å²) in [5.41, 5.74) is 1.71. The zero-order chi connectivity index (χ0) is 21.0. The normalized spacial score (nSPS) is 12.4. The molecule has 0 aliphatic carbocycles. The Morgan fingerprint density at radius 2 is 1.83 bits per heavy atom. The molecule has 0 aliphatic rings. The summed E-state index contributed by atoms with van der Waals surface area (Å²) >= 11 is 1.29. The number of hydrogen-bond donors (Lipinski definition) is 1. The van der Waals surface area contributed by atoms with Crippen LogP contribution in [0.15, 0.2) is 58.8 Å². The van der Waals surface area contributed by atoms with Crippen molar-refractivity contribution in [1.82, 2.24) is 9.71 Å². The van der Waals surface area contributed by atoms with Gasteiger partial charge in [-0.2, -0.15) is 4.72 Å². The number of aromatic nitrogens is 1. The number of rotatable bonds is 7. The highest BCUT2D eigenvalue weighted by Gasteiger charge is 2.24. The quantitative estimate of drug-likeness (QED) is 0.575. The molecule has 0 saturated heterocycles. The van der Waals surface area contributed by atoms with Gasteiger partial charge in [0.15, 0.2) is 0 Å². The molecule has 1 aromatic heterocycles. The molecule has 0 fully saturated rings. The van der Waals surface area contributed by atoms with E-state index in [2.05, 4.69) is 9.71 Å². The van der Waals surface area contributed by atoms with E-state index in [-0.39, 0.29) is 10.8 Å². The molecule has 29 heavy (non-hydrogen) atoms. The van der Waals surface area contributed by atoms with Crippen molar-refractivity contribution in [3.63, 3.8) is 0 Å². The van der Waals surface area contributed by atoms with Crippen LogP contribution in [-0.4, -0.2) is 32.5 Å². The highest BCUT2D eigenvalue weighted by atomic mass is 32.2. The maximum atomic E-state index is 12.4. The number of thiazole rings is 1. The van der Waals surface area contributed by atoms with Crippen LogP contribution < -0.4 is 14.2 Å². The van der Waals surface area contributed by atoms with Crippen molar-refractivity contribution in [3.8, 4) is 22.2 Å². The molecule has 0 spiro atoms. The number of carbonyl (C=O) groups excluding carboxylic acids is 1. The Hall–Kier alpha value is -2.75. The first-order valence-corrected chi connectivity index (χ1v) is 11.1. The summed E-state index contributed by atoms with van der Waals surface area (Å²) in [6.07, 6.45) is 0. The summed E-state index contributed by atoms with van der Waals surface area (Å²) in [7, 11) is -2.28. The Bertz CT molecular complexity index is 1110. The average Bonchev–Trinajstić information content (AvgIpc) is 3.16. The number of esters is 1. The average molecular weight is 433 g/mol. The van der Waals surface area contributed by atoms with Gasteiger partial charge in [0.05, 0.1) is 22.9 Å². The van der Waals surface area contributed by atoms with Crippen molar-refractivity contribution in [2.45, 2.75) is 24.8 Å². The molecule has 0 radical (unpaired) electrons. The zero-order valence-corrected chi connectivity index (χ0v) is 17.7. The third kappa shape index (κ3) is 5.00. The molecule has 1 heterocycles. The first-order valence-electron chi connectivity index (χ1n) is 8.70. The number of methoxy groups -OCH3 is 1. The maximum Gasteiger partial charge on any atom is 0.330 e. The van der Waals surface area contributed by atoms with Crippen LogP contribution in [-0.2, 0) is 14.8 Å². The van der Waals surface area contributed by atoms with Crippen LogP contribution in [0.1, 0.15) is 12.5 Å². The van der Waals surface area contributed by atoms with E-state index in [4.69, 9.17) is 9.47 Å². The number of hydrogen-bond acceptors (Lipinski definition) is 7. The van der Waals surface area contributed by atoms with Gasteiger partial charge < -0.3 is 9.47 Å². The zero-order valence-electron chi connectivity index (χ0n) is 16.1. The second-order valence-electron chi connectivity index (χ2n) is 6.27. The molecular formula is C20H20N2O5S2. The molecule has 152 valence electrons. The summed E-state index contributed by atoms with van der Waals surface area (Å²) in [5, 5.41) is 2.21. The fourth-order valence-electron chi connectivity index (χ4n) is 2.51. The van der Waals surface area contributed by atoms with Gasteiger partial charge in [-0.15, -0.1) is 11.3 Å². The van der Waals surface area contributed by atoms with Crippen LogP contribution in [0, 0.1) is 6.92 Å². The number of nitrogens with zero attached hydrogens (tertiary/aromatic N) is 1. The van der Waals surface area contributed by atoms with Gasteiger partial charge in [-0.05, 0) is 38.1 Å². The van der Waals surface area contributed by atoms with Crippen LogP contribution >= 0.6 is 11.3 Å². The molecular weight excluding hydrogens is 412 g/mol. The fourth-order valence-corrected chi connectivity index (χ4v) is 4.45. The molecule has 2 aromatic carbocycles. The van der Waals surface area contributed by atoms with Gasteiger partial charge in [-0.3, -0.25) is 0 Å². The third-order valence-electron chi connectivity index (χ3n) is 4.04. The van der Waals surface area contributed by atoms with E-state index in [1.807, 2.05) is 31.2 Å². The van der Waals surface area contributed by atoms with E-state index in [0.717, 1.165) is 11.1 Å². The summed E-state index contributed by atoms with van der Waals surface area (Å²) in [6, 6.07) is 12.6. The van der Waals surface area contributed by atoms with Crippen LogP contribution in [0.5, 0.6) is 11.6 Å². The number of para-hydroxylation sites is 1. The molecule has 1 atom stereocenters. The van der Waals surface area contributed by atoms with Crippen molar-refractivity contribution in [3.05, 3.63) is 59.5 Å². The molecule has 0 bridgehead atoms. The molecule has 0 saturated carbocycles. The van der Waals surface area contributed by atoms with Gasteiger partial charge >= 0.3 is 5.97 Å². The lowest BCUT2D eigenvalue weighted by molar-refractivity contribution is -0.136. The molecule has 1 unspecified atom stereocenters. The predicted octanol–water partition coefficient (Wildman–Crippen LogP) is 3.40. The second kappa shape index (κ2) is 8.73. The molecule has 9 heteroatoms. The molecule has 3 rings (SSSR count). The van der Waals surface area contributed by atoms with E-state index in [9.17, 15) is 13.2 Å². The summed E-state index contributed by atoms with van der Waals surface area (Å²) in [6.45, 7) is 3.28. The van der Waals surface area contributed by atoms with E-state index in [1.54, 1.807) is 24.6 Å². The Morgan fingerprint density at radius 3 is 2.52 bits per heavy atom. The van der Waals surface area contributed by atoms with Crippen molar-refractivity contribution in [2.75, 3.05) is 7.11 Å². The van der Waals surface area contributed by atoms with Crippen LogP contribution in [0.3, 0.4) is 0 Å². The van der Waals surface area contributed by atoms with Gasteiger partial charge in [0.25, 0.3) is 0 Å². The van der Waals surface area contributed by atoms with Crippen molar-refractivity contribution >= 4 is 27.3 Å². The van der Waals surface area contributed by atoms with Gasteiger partial charge in [0.1, 0.15) is 16.8 Å². The number of carbonyl (C=O) groups is 1. The summed E-state index contributed by atoms with van der Waals surface area (Å²) < 4.78 is 37.7.